The standard InChI is InChI=1S/C30H29N7O2/c1-6-28(38)37(5)20(3)7-8-21-9-12-24-29(34-21)30(32-17-31-24)35-22-10-14-27(19(2)15-22)39-23-11-13-26-25(16-23)33-18-36(26)4/h6-18,20H,1H2,2-5H3,(H,31,32,35). The summed E-state index contributed by atoms with van der Waals surface area (Å²) in [6.07, 6.45) is 8.40. The van der Waals surface area contributed by atoms with Gasteiger partial charge >= 0.3 is 0 Å². The van der Waals surface area contributed by atoms with Crippen molar-refractivity contribution in [3.05, 3.63) is 91.2 Å². The van der Waals surface area contributed by atoms with Gasteiger partial charge in [-0.25, -0.2) is 19.9 Å². The fraction of sp³-hybridized carbons (Fsp3) is 0.167. The Morgan fingerprint density at radius 3 is 2.74 bits per heavy atom. The van der Waals surface area contributed by atoms with Crippen LogP contribution in [0, 0.1) is 6.92 Å². The van der Waals surface area contributed by atoms with Crippen LogP contribution in [0.4, 0.5) is 11.5 Å². The third-order valence-corrected chi connectivity index (χ3v) is 6.54. The topological polar surface area (TPSA) is 98.1 Å². The first kappa shape index (κ1) is 25.6. The number of likely N-dealkylation sites (N-methyl/N-ethyl adjacent to an activating group) is 1. The SMILES string of the molecule is C=CC(=O)N(C)C(C)C=Cc1ccc2ncnc(Nc3ccc(Oc4ccc5c(c4)ncn5C)c(C)c3)c2n1. The van der Waals surface area contributed by atoms with Crippen molar-refractivity contribution in [2.75, 3.05) is 12.4 Å². The second-order valence-electron chi connectivity index (χ2n) is 9.29. The predicted molar refractivity (Wildman–Crippen MR) is 154 cm³/mol. The molecule has 39 heavy (non-hydrogen) atoms. The van der Waals surface area contributed by atoms with E-state index in [0.29, 0.717) is 11.3 Å². The zero-order valence-corrected chi connectivity index (χ0v) is 22.3. The monoisotopic (exact) mass is 519 g/mol. The van der Waals surface area contributed by atoms with E-state index >= 15 is 0 Å². The smallest absolute Gasteiger partial charge is 0.246 e. The number of rotatable bonds is 8. The number of carbonyl (C=O) groups is 1. The van der Waals surface area contributed by atoms with Crippen molar-refractivity contribution in [1.82, 2.24) is 29.4 Å². The number of carbonyl (C=O) groups excluding carboxylic acids is 1. The number of imidazole rings is 1. The van der Waals surface area contributed by atoms with E-state index in [9.17, 15) is 4.79 Å². The molecule has 0 aliphatic rings. The molecule has 196 valence electrons. The van der Waals surface area contributed by atoms with Crippen LogP contribution in [-0.2, 0) is 11.8 Å². The lowest BCUT2D eigenvalue weighted by atomic mass is 10.2. The molecule has 1 amide bonds. The Morgan fingerprint density at radius 2 is 1.95 bits per heavy atom. The lowest BCUT2D eigenvalue weighted by Gasteiger charge is -2.20. The number of ether oxygens (including phenoxy) is 1. The van der Waals surface area contributed by atoms with Crippen LogP contribution >= 0.6 is 0 Å². The van der Waals surface area contributed by atoms with Crippen LogP contribution in [0.15, 0.2) is 79.9 Å². The third-order valence-electron chi connectivity index (χ3n) is 6.54. The first-order valence-electron chi connectivity index (χ1n) is 12.5. The molecule has 0 spiro atoms. The van der Waals surface area contributed by atoms with Gasteiger partial charge in [-0.05, 0) is 74.0 Å². The van der Waals surface area contributed by atoms with E-state index in [1.54, 1.807) is 18.3 Å². The summed E-state index contributed by atoms with van der Waals surface area (Å²) < 4.78 is 8.12. The van der Waals surface area contributed by atoms with Crippen LogP contribution in [0.5, 0.6) is 11.5 Å². The van der Waals surface area contributed by atoms with Gasteiger partial charge in [-0.2, -0.15) is 0 Å². The van der Waals surface area contributed by atoms with Crippen molar-refractivity contribution in [3.8, 4) is 11.5 Å². The molecule has 0 saturated heterocycles. The molecule has 5 aromatic rings. The molecule has 0 aliphatic carbocycles. The van der Waals surface area contributed by atoms with Gasteiger partial charge < -0.3 is 19.5 Å². The van der Waals surface area contributed by atoms with Crippen LogP contribution in [0.2, 0.25) is 0 Å². The second kappa shape index (κ2) is 10.7. The Hall–Kier alpha value is -5.05. The third kappa shape index (κ3) is 5.47. The molecule has 0 bridgehead atoms. The number of hydrogen-bond acceptors (Lipinski definition) is 7. The zero-order chi connectivity index (χ0) is 27.5. The number of aryl methyl sites for hydroxylation is 2. The number of fused-ring (bicyclic) bond motifs is 2. The number of benzene rings is 2. The van der Waals surface area contributed by atoms with Gasteiger partial charge in [-0.1, -0.05) is 12.7 Å². The van der Waals surface area contributed by atoms with Gasteiger partial charge in [0.15, 0.2) is 5.82 Å². The highest BCUT2D eigenvalue weighted by molar-refractivity contribution is 5.88. The van der Waals surface area contributed by atoms with Crippen molar-refractivity contribution >= 4 is 45.6 Å². The first-order chi connectivity index (χ1) is 18.8. The van der Waals surface area contributed by atoms with Crippen LogP contribution < -0.4 is 10.1 Å². The Kier molecular flexibility index (Phi) is 7.05. The largest absolute Gasteiger partial charge is 0.457 e. The van der Waals surface area contributed by atoms with Gasteiger partial charge in [0.05, 0.1) is 28.6 Å². The van der Waals surface area contributed by atoms with Gasteiger partial charge in [0.2, 0.25) is 5.91 Å². The zero-order valence-electron chi connectivity index (χ0n) is 22.3. The number of nitrogens with one attached hydrogen (secondary N) is 1. The van der Waals surface area contributed by atoms with Gasteiger partial charge in [-0.15, -0.1) is 0 Å². The first-order valence-corrected chi connectivity index (χ1v) is 12.5. The summed E-state index contributed by atoms with van der Waals surface area (Å²) >= 11 is 0. The van der Waals surface area contributed by atoms with E-state index in [2.05, 4.69) is 26.8 Å². The maximum absolute atomic E-state index is 11.9. The van der Waals surface area contributed by atoms with Crippen molar-refractivity contribution < 1.29 is 9.53 Å². The fourth-order valence-electron chi connectivity index (χ4n) is 4.14. The predicted octanol–water partition coefficient (Wildman–Crippen LogP) is 5.80. The average Bonchev–Trinajstić information content (AvgIpc) is 3.32. The Morgan fingerprint density at radius 1 is 1.10 bits per heavy atom. The molecule has 0 saturated carbocycles. The summed E-state index contributed by atoms with van der Waals surface area (Å²) in [4.78, 5) is 31.4. The minimum atomic E-state index is -0.139. The maximum atomic E-state index is 11.9. The highest BCUT2D eigenvalue weighted by Crippen LogP contribution is 2.30. The highest BCUT2D eigenvalue weighted by atomic mass is 16.5. The van der Waals surface area contributed by atoms with E-state index < -0.39 is 0 Å². The van der Waals surface area contributed by atoms with Crippen LogP contribution in [0.1, 0.15) is 18.2 Å². The van der Waals surface area contributed by atoms with Crippen LogP contribution in [-0.4, -0.2) is 48.4 Å². The number of anilines is 2. The Labute approximate surface area is 226 Å². The minimum Gasteiger partial charge on any atom is -0.457 e. The van der Waals surface area contributed by atoms with Gasteiger partial charge in [0, 0.05) is 31.9 Å². The van der Waals surface area contributed by atoms with E-state index in [4.69, 9.17) is 9.72 Å². The van der Waals surface area contributed by atoms with Crippen molar-refractivity contribution in [1.29, 1.82) is 0 Å². The molecular weight excluding hydrogens is 490 g/mol. The van der Waals surface area contributed by atoms with Gasteiger partial charge in [0.1, 0.15) is 23.3 Å². The molecule has 0 aliphatic heterocycles. The number of nitrogens with zero attached hydrogens (tertiary/aromatic N) is 6. The molecule has 2 aromatic carbocycles. The Balaban J connectivity index is 1.35. The molecular formula is C30H29N7O2. The maximum Gasteiger partial charge on any atom is 0.246 e. The summed E-state index contributed by atoms with van der Waals surface area (Å²) in [5.74, 6) is 1.93. The summed E-state index contributed by atoms with van der Waals surface area (Å²) in [7, 11) is 3.70. The molecule has 1 N–H and O–H groups in total. The van der Waals surface area contributed by atoms with E-state index in [0.717, 1.165) is 45.0 Å². The van der Waals surface area contributed by atoms with Crippen molar-refractivity contribution in [2.45, 2.75) is 19.9 Å². The molecule has 9 nitrogen and oxygen atoms in total. The summed E-state index contributed by atoms with van der Waals surface area (Å²) in [5.41, 5.74) is 5.84. The number of aromatic nitrogens is 5. The molecule has 5 rings (SSSR count). The fourth-order valence-corrected chi connectivity index (χ4v) is 4.14. The molecule has 1 atom stereocenters. The van der Waals surface area contributed by atoms with E-state index in [1.165, 1.54) is 12.4 Å². The minimum absolute atomic E-state index is 0.118. The molecule has 0 radical (unpaired) electrons. The number of amides is 1. The molecule has 0 fully saturated rings. The van der Waals surface area contributed by atoms with Crippen LogP contribution in [0.3, 0.4) is 0 Å². The number of pyridine rings is 1. The summed E-state index contributed by atoms with van der Waals surface area (Å²) in [5, 5.41) is 3.37. The summed E-state index contributed by atoms with van der Waals surface area (Å²) in [6.45, 7) is 7.47. The quantitative estimate of drug-likeness (QED) is 0.259. The molecule has 3 aromatic heterocycles. The van der Waals surface area contributed by atoms with E-state index in [1.807, 2.05) is 86.1 Å². The van der Waals surface area contributed by atoms with Gasteiger partial charge in [0.25, 0.3) is 0 Å². The molecule has 9 heteroatoms. The lowest BCUT2D eigenvalue weighted by Crippen LogP contribution is -2.32. The highest BCUT2D eigenvalue weighted by Gasteiger charge is 2.11. The second-order valence-corrected chi connectivity index (χ2v) is 9.29. The average molecular weight is 520 g/mol. The lowest BCUT2D eigenvalue weighted by molar-refractivity contribution is -0.125. The Bertz CT molecular complexity index is 1720. The summed E-state index contributed by atoms with van der Waals surface area (Å²) in [6, 6.07) is 15.4. The van der Waals surface area contributed by atoms with Crippen LogP contribution in [0.25, 0.3) is 28.1 Å². The molecule has 3 heterocycles. The van der Waals surface area contributed by atoms with Gasteiger partial charge in [-0.3, -0.25) is 4.79 Å². The number of hydrogen-bond donors (Lipinski definition) is 1. The normalized spacial score (nSPS) is 12.1. The van der Waals surface area contributed by atoms with Crippen molar-refractivity contribution in [3.63, 3.8) is 0 Å². The van der Waals surface area contributed by atoms with E-state index in [-0.39, 0.29) is 11.9 Å². The van der Waals surface area contributed by atoms with Crippen molar-refractivity contribution in [2.24, 2.45) is 7.05 Å². The molecule has 1 unspecified atom stereocenters.